The monoisotopic (exact) mass is 443 g/mol. The molecule has 3 aromatic carbocycles. The molecule has 1 saturated heterocycles. The van der Waals surface area contributed by atoms with Gasteiger partial charge in [-0.15, -0.1) is 11.8 Å². The van der Waals surface area contributed by atoms with Crippen LogP contribution in [-0.2, 0) is 16.2 Å². The van der Waals surface area contributed by atoms with Crippen LogP contribution in [0.3, 0.4) is 0 Å². The molecule has 0 saturated carbocycles. The third kappa shape index (κ3) is 3.07. The smallest absolute Gasteiger partial charge is 0.268 e. The zero-order valence-corrected chi connectivity index (χ0v) is 17.8. The fourth-order valence-electron chi connectivity index (χ4n) is 4.42. The third-order valence-corrected chi connectivity index (χ3v) is 7.23. The number of hydrogen-bond acceptors (Lipinski definition) is 4. The fraction of sp³-hybridized carbons (Fsp3) is 0.160. The van der Waals surface area contributed by atoms with Gasteiger partial charge in [-0.05, 0) is 42.0 Å². The lowest BCUT2D eigenvalue weighted by Gasteiger charge is -2.33. The summed E-state index contributed by atoms with van der Waals surface area (Å²) in [4.78, 5) is 29.4. The Labute approximate surface area is 189 Å². The minimum atomic E-state index is -1.19. The van der Waals surface area contributed by atoms with Gasteiger partial charge in [0.25, 0.3) is 11.8 Å². The lowest BCUT2D eigenvalue weighted by molar-refractivity contribution is -0.123. The maximum atomic E-state index is 13.9. The van der Waals surface area contributed by atoms with Gasteiger partial charge in [-0.1, -0.05) is 36.4 Å². The molecule has 0 N–H and O–H groups in total. The maximum Gasteiger partial charge on any atom is 0.268 e. The Balaban J connectivity index is 1.57. The van der Waals surface area contributed by atoms with Crippen molar-refractivity contribution in [3.05, 3.63) is 101 Å². The standard InChI is InChI=1S/C25H18FN3O2S/c26-20-8-4-7-19(14-20)23(30)29-11-12-32-25(29)21-9-1-2-10-22(21)28(24(25)31)16-18-6-3-5-17(13-18)15-27/h1-10,13-14H,11-12,16H2. The summed E-state index contributed by atoms with van der Waals surface area (Å²) < 4.78 is 13.8. The van der Waals surface area contributed by atoms with E-state index in [2.05, 4.69) is 6.07 Å². The van der Waals surface area contributed by atoms with Crippen molar-refractivity contribution in [1.82, 2.24) is 4.90 Å². The van der Waals surface area contributed by atoms with Crippen LogP contribution < -0.4 is 4.90 Å². The molecule has 5 rings (SSSR count). The number of carbonyl (C=O) groups excluding carboxylic acids is 2. The molecule has 5 nitrogen and oxygen atoms in total. The van der Waals surface area contributed by atoms with E-state index < -0.39 is 10.7 Å². The quantitative estimate of drug-likeness (QED) is 0.606. The number of anilines is 1. The van der Waals surface area contributed by atoms with Gasteiger partial charge in [-0.2, -0.15) is 5.26 Å². The van der Waals surface area contributed by atoms with Crippen LogP contribution in [0.25, 0.3) is 0 Å². The minimum Gasteiger partial charge on any atom is -0.311 e. The molecule has 0 radical (unpaired) electrons. The molecule has 3 aromatic rings. The second-order valence-electron chi connectivity index (χ2n) is 7.68. The highest BCUT2D eigenvalue weighted by molar-refractivity contribution is 8.01. The normalized spacial score (nSPS) is 19.3. The molecule has 0 aromatic heterocycles. The van der Waals surface area contributed by atoms with Crippen molar-refractivity contribution in [2.24, 2.45) is 0 Å². The largest absolute Gasteiger partial charge is 0.311 e. The summed E-state index contributed by atoms with van der Waals surface area (Å²) in [5.74, 6) is -0.466. The van der Waals surface area contributed by atoms with Crippen molar-refractivity contribution in [2.75, 3.05) is 17.2 Å². The van der Waals surface area contributed by atoms with Crippen molar-refractivity contribution in [3.63, 3.8) is 0 Å². The van der Waals surface area contributed by atoms with Crippen LogP contribution in [0.15, 0.2) is 72.8 Å². The Bertz CT molecular complexity index is 1290. The zero-order valence-electron chi connectivity index (χ0n) is 17.0. The van der Waals surface area contributed by atoms with E-state index in [-0.39, 0.29) is 23.9 Å². The molecule has 2 amide bonds. The molecular formula is C25H18FN3O2S. The van der Waals surface area contributed by atoms with E-state index in [0.717, 1.165) is 16.8 Å². The minimum absolute atomic E-state index is 0.201. The van der Waals surface area contributed by atoms with Crippen LogP contribution in [0.1, 0.15) is 27.0 Å². The molecular weight excluding hydrogens is 425 g/mol. The molecule has 1 atom stereocenters. The summed E-state index contributed by atoms with van der Waals surface area (Å²) in [7, 11) is 0. The number of nitriles is 1. The molecule has 1 fully saturated rings. The topological polar surface area (TPSA) is 64.4 Å². The van der Waals surface area contributed by atoms with Crippen molar-refractivity contribution < 1.29 is 14.0 Å². The summed E-state index contributed by atoms with van der Waals surface area (Å²) in [6.45, 7) is 0.674. The van der Waals surface area contributed by atoms with E-state index in [1.165, 1.54) is 30.0 Å². The molecule has 158 valence electrons. The van der Waals surface area contributed by atoms with E-state index in [0.29, 0.717) is 17.9 Å². The summed E-state index contributed by atoms with van der Waals surface area (Å²) in [5, 5.41) is 9.22. The molecule has 0 aliphatic carbocycles. The van der Waals surface area contributed by atoms with Crippen LogP contribution in [-0.4, -0.2) is 29.0 Å². The molecule has 2 heterocycles. The van der Waals surface area contributed by atoms with Crippen molar-refractivity contribution in [2.45, 2.75) is 11.4 Å². The number of halogens is 1. The average Bonchev–Trinajstić information content (AvgIpc) is 3.36. The number of rotatable bonds is 3. The summed E-state index contributed by atoms with van der Waals surface area (Å²) in [6.07, 6.45) is 0. The van der Waals surface area contributed by atoms with Crippen LogP contribution in [0, 0.1) is 17.1 Å². The fourth-order valence-corrected chi connectivity index (χ4v) is 5.89. The van der Waals surface area contributed by atoms with Gasteiger partial charge in [-0.3, -0.25) is 9.59 Å². The third-order valence-electron chi connectivity index (χ3n) is 5.81. The number of amides is 2. The molecule has 1 spiro atoms. The van der Waals surface area contributed by atoms with Crippen molar-refractivity contribution in [3.8, 4) is 6.07 Å². The number of carbonyl (C=O) groups is 2. The molecule has 1 unspecified atom stereocenters. The summed E-state index contributed by atoms with van der Waals surface area (Å²) in [5.41, 5.74) is 3.07. The number of nitrogens with zero attached hydrogens (tertiary/aromatic N) is 3. The molecule has 7 heteroatoms. The van der Waals surface area contributed by atoms with Gasteiger partial charge >= 0.3 is 0 Å². The zero-order chi connectivity index (χ0) is 22.3. The number of hydrogen-bond donors (Lipinski definition) is 0. The lowest BCUT2D eigenvalue weighted by atomic mass is 10.0. The molecule has 2 aliphatic rings. The van der Waals surface area contributed by atoms with Crippen molar-refractivity contribution >= 4 is 29.3 Å². The first kappa shape index (κ1) is 20.3. The maximum absolute atomic E-state index is 13.9. The van der Waals surface area contributed by atoms with Gasteiger partial charge in [0, 0.05) is 23.4 Å². The number of thioether (sulfide) groups is 1. The Morgan fingerprint density at radius 2 is 1.91 bits per heavy atom. The predicted molar refractivity (Wildman–Crippen MR) is 120 cm³/mol. The highest BCUT2D eigenvalue weighted by atomic mass is 32.2. The first-order chi connectivity index (χ1) is 15.5. The van der Waals surface area contributed by atoms with Gasteiger partial charge in [-0.25, -0.2) is 4.39 Å². The van der Waals surface area contributed by atoms with Gasteiger partial charge in [0.15, 0.2) is 4.87 Å². The first-order valence-electron chi connectivity index (χ1n) is 10.2. The Hall–Kier alpha value is -3.63. The van der Waals surface area contributed by atoms with Crippen LogP contribution >= 0.6 is 11.8 Å². The second kappa shape index (κ2) is 7.81. The summed E-state index contributed by atoms with van der Waals surface area (Å²) >= 11 is 1.43. The van der Waals surface area contributed by atoms with Gasteiger partial charge in [0.2, 0.25) is 0 Å². The van der Waals surface area contributed by atoms with Crippen LogP contribution in [0.5, 0.6) is 0 Å². The molecule has 2 aliphatic heterocycles. The van der Waals surface area contributed by atoms with E-state index in [1.54, 1.807) is 34.1 Å². The second-order valence-corrected chi connectivity index (χ2v) is 8.97. The van der Waals surface area contributed by atoms with Gasteiger partial charge < -0.3 is 9.80 Å². The van der Waals surface area contributed by atoms with E-state index in [1.807, 2.05) is 30.3 Å². The van der Waals surface area contributed by atoms with E-state index in [9.17, 15) is 19.2 Å². The molecule has 32 heavy (non-hydrogen) atoms. The highest BCUT2D eigenvalue weighted by Crippen LogP contribution is 2.54. The van der Waals surface area contributed by atoms with E-state index in [4.69, 9.17) is 0 Å². The Morgan fingerprint density at radius 1 is 1.09 bits per heavy atom. The Morgan fingerprint density at radius 3 is 2.72 bits per heavy atom. The average molecular weight is 444 g/mol. The highest BCUT2D eigenvalue weighted by Gasteiger charge is 2.59. The van der Waals surface area contributed by atoms with Gasteiger partial charge in [0.1, 0.15) is 5.82 Å². The number of fused-ring (bicyclic) bond motifs is 2. The lowest BCUT2D eigenvalue weighted by Crippen LogP contribution is -2.50. The van der Waals surface area contributed by atoms with Crippen molar-refractivity contribution in [1.29, 1.82) is 5.26 Å². The SMILES string of the molecule is N#Cc1cccc(CN2C(=O)C3(SCCN3C(=O)c3cccc(F)c3)c3ccccc32)c1. The Kier molecular flexibility index (Phi) is 4.95. The summed E-state index contributed by atoms with van der Waals surface area (Å²) in [6, 6.07) is 22.3. The van der Waals surface area contributed by atoms with Crippen LogP contribution in [0.2, 0.25) is 0 Å². The first-order valence-corrected chi connectivity index (χ1v) is 11.1. The molecule has 0 bridgehead atoms. The number of para-hydroxylation sites is 1. The van der Waals surface area contributed by atoms with Gasteiger partial charge in [0.05, 0.1) is 23.9 Å². The van der Waals surface area contributed by atoms with E-state index >= 15 is 0 Å². The number of benzene rings is 3. The predicted octanol–water partition coefficient (Wildman–Crippen LogP) is 4.29. The van der Waals surface area contributed by atoms with Crippen LogP contribution in [0.4, 0.5) is 10.1 Å².